The van der Waals surface area contributed by atoms with Crippen molar-refractivity contribution in [3.8, 4) is 6.07 Å². The van der Waals surface area contributed by atoms with E-state index < -0.39 is 24.0 Å². The summed E-state index contributed by atoms with van der Waals surface area (Å²) in [6.45, 7) is 3.46. The van der Waals surface area contributed by atoms with E-state index >= 15 is 0 Å². The molecule has 0 fully saturated rings. The van der Waals surface area contributed by atoms with Crippen LogP contribution in [0, 0.1) is 11.3 Å². The topological polar surface area (TPSA) is 108 Å². The lowest BCUT2D eigenvalue weighted by Crippen LogP contribution is -2.44. The third kappa shape index (κ3) is 5.59. The molecular formula is C20H19N3O4S. The van der Waals surface area contributed by atoms with Gasteiger partial charge in [0.1, 0.15) is 6.07 Å². The number of rotatable bonds is 6. The number of nitrogens with zero attached hydrogens (tertiary/aromatic N) is 1. The molecule has 2 rings (SSSR count). The number of urea groups is 1. The molecule has 1 atom stereocenters. The zero-order chi connectivity index (χ0) is 20.5. The monoisotopic (exact) mass is 397 g/mol. The van der Waals surface area contributed by atoms with Gasteiger partial charge in [0.2, 0.25) is 0 Å². The number of hydrogen-bond donors (Lipinski definition) is 2. The molecule has 3 amide bonds. The number of imide groups is 1. The second-order valence-electron chi connectivity index (χ2n) is 5.60. The number of esters is 1. The van der Waals surface area contributed by atoms with Crippen LogP contribution in [0.15, 0.2) is 58.3 Å². The molecule has 7 nitrogen and oxygen atoms in total. The average molecular weight is 397 g/mol. The summed E-state index contributed by atoms with van der Waals surface area (Å²) in [7, 11) is 0. The molecule has 0 aliphatic rings. The van der Waals surface area contributed by atoms with Gasteiger partial charge in [0.15, 0.2) is 6.10 Å². The molecule has 0 aromatic heterocycles. The van der Waals surface area contributed by atoms with Crippen LogP contribution in [-0.4, -0.2) is 30.6 Å². The molecule has 0 aliphatic heterocycles. The lowest BCUT2D eigenvalue weighted by Gasteiger charge is -2.14. The molecule has 2 N–H and O–H groups in total. The van der Waals surface area contributed by atoms with Gasteiger partial charge in [-0.2, -0.15) is 5.26 Å². The molecule has 0 spiro atoms. The molecule has 144 valence electrons. The van der Waals surface area contributed by atoms with Gasteiger partial charge in [-0.05, 0) is 38.1 Å². The first-order valence-corrected chi connectivity index (χ1v) is 9.33. The fourth-order valence-corrected chi connectivity index (χ4v) is 3.20. The molecule has 8 heteroatoms. The van der Waals surface area contributed by atoms with Crippen LogP contribution in [0.25, 0.3) is 0 Å². The largest absolute Gasteiger partial charge is 0.449 e. The molecule has 0 saturated carbocycles. The summed E-state index contributed by atoms with van der Waals surface area (Å²) in [6.07, 6.45) is -1.15. The summed E-state index contributed by atoms with van der Waals surface area (Å²) < 4.78 is 5.20. The number of nitriles is 1. The average Bonchev–Trinajstić information content (AvgIpc) is 2.68. The van der Waals surface area contributed by atoms with E-state index in [1.807, 2.05) is 0 Å². The summed E-state index contributed by atoms with van der Waals surface area (Å²) in [5, 5.41) is 13.8. The summed E-state index contributed by atoms with van der Waals surface area (Å²) in [5.41, 5.74) is 0.753. The Bertz CT molecular complexity index is 924. The summed E-state index contributed by atoms with van der Waals surface area (Å²) in [6, 6.07) is 15.2. The Morgan fingerprint density at radius 2 is 1.75 bits per heavy atom. The predicted molar refractivity (Wildman–Crippen MR) is 104 cm³/mol. The highest BCUT2D eigenvalue weighted by Gasteiger charge is 2.22. The molecule has 0 saturated heterocycles. The van der Waals surface area contributed by atoms with Crippen molar-refractivity contribution in [1.82, 2.24) is 10.6 Å². The van der Waals surface area contributed by atoms with E-state index in [4.69, 9.17) is 4.74 Å². The highest BCUT2D eigenvalue weighted by atomic mass is 32.2. The van der Waals surface area contributed by atoms with Gasteiger partial charge < -0.3 is 10.1 Å². The van der Waals surface area contributed by atoms with E-state index in [1.165, 1.54) is 18.7 Å². The third-order valence-electron chi connectivity index (χ3n) is 3.56. The Labute approximate surface area is 167 Å². The molecule has 0 unspecified atom stereocenters. The van der Waals surface area contributed by atoms with Crippen LogP contribution in [0.5, 0.6) is 0 Å². The lowest BCUT2D eigenvalue weighted by atomic mass is 10.2. The number of ether oxygens (including phenoxy) is 1. The highest BCUT2D eigenvalue weighted by Crippen LogP contribution is 2.33. The fourth-order valence-electron chi connectivity index (χ4n) is 2.19. The van der Waals surface area contributed by atoms with Crippen molar-refractivity contribution in [3.63, 3.8) is 0 Å². The Kier molecular flexibility index (Phi) is 7.60. The first kappa shape index (κ1) is 21.0. The van der Waals surface area contributed by atoms with Crippen LogP contribution in [0.4, 0.5) is 4.79 Å². The van der Waals surface area contributed by atoms with Gasteiger partial charge in [-0.1, -0.05) is 36.0 Å². The smallest absolute Gasteiger partial charge is 0.340 e. The number of carbonyl (C=O) groups is 3. The van der Waals surface area contributed by atoms with Crippen molar-refractivity contribution in [1.29, 1.82) is 5.26 Å². The zero-order valence-electron chi connectivity index (χ0n) is 15.4. The van der Waals surface area contributed by atoms with Crippen LogP contribution in [0.2, 0.25) is 0 Å². The molecule has 2 aromatic carbocycles. The maximum Gasteiger partial charge on any atom is 0.340 e. The minimum Gasteiger partial charge on any atom is -0.449 e. The van der Waals surface area contributed by atoms with Crippen molar-refractivity contribution in [2.75, 3.05) is 6.54 Å². The number of hydrogen-bond acceptors (Lipinski definition) is 6. The maximum absolute atomic E-state index is 12.6. The Morgan fingerprint density at radius 3 is 2.43 bits per heavy atom. The van der Waals surface area contributed by atoms with E-state index in [9.17, 15) is 19.6 Å². The standard InChI is InChI=1S/C20H19N3O4S/c1-3-22-20(26)23-18(24)13(2)27-19(25)15-9-5-7-11-17(15)28-16-10-6-4-8-14(16)12-21/h4-11,13H,3H2,1-2H3,(H2,22,23,24,26)/t13-/m0/s1. The van der Waals surface area contributed by atoms with Crippen LogP contribution in [-0.2, 0) is 9.53 Å². The SMILES string of the molecule is CCNC(=O)NC(=O)[C@H](C)OC(=O)c1ccccc1Sc1ccccc1C#N. The van der Waals surface area contributed by atoms with E-state index in [-0.39, 0.29) is 5.56 Å². The molecular weight excluding hydrogens is 378 g/mol. The number of benzene rings is 2. The highest BCUT2D eigenvalue weighted by molar-refractivity contribution is 7.99. The van der Waals surface area contributed by atoms with Crippen molar-refractivity contribution in [2.24, 2.45) is 0 Å². The number of nitrogens with one attached hydrogen (secondary N) is 2. The Hall–Kier alpha value is -3.31. The Morgan fingerprint density at radius 1 is 1.11 bits per heavy atom. The van der Waals surface area contributed by atoms with Crippen molar-refractivity contribution in [2.45, 2.75) is 29.7 Å². The van der Waals surface area contributed by atoms with Gasteiger partial charge in [-0.25, -0.2) is 9.59 Å². The first-order valence-electron chi connectivity index (χ1n) is 8.52. The second-order valence-corrected chi connectivity index (χ2v) is 6.69. The van der Waals surface area contributed by atoms with Gasteiger partial charge in [0.25, 0.3) is 5.91 Å². The van der Waals surface area contributed by atoms with E-state index in [1.54, 1.807) is 55.5 Å². The van der Waals surface area contributed by atoms with Crippen molar-refractivity contribution in [3.05, 3.63) is 59.7 Å². The van der Waals surface area contributed by atoms with E-state index in [0.29, 0.717) is 21.9 Å². The van der Waals surface area contributed by atoms with Gasteiger partial charge >= 0.3 is 12.0 Å². The summed E-state index contributed by atoms with van der Waals surface area (Å²) in [4.78, 5) is 37.2. The lowest BCUT2D eigenvalue weighted by molar-refractivity contribution is -0.127. The van der Waals surface area contributed by atoms with E-state index in [2.05, 4.69) is 16.7 Å². The molecule has 2 aromatic rings. The molecule has 28 heavy (non-hydrogen) atoms. The normalized spacial score (nSPS) is 11.0. The van der Waals surface area contributed by atoms with Gasteiger partial charge in [0.05, 0.1) is 11.1 Å². The van der Waals surface area contributed by atoms with Crippen LogP contribution < -0.4 is 10.6 Å². The molecule has 0 radical (unpaired) electrons. The van der Waals surface area contributed by atoms with Gasteiger partial charge in [-0.15, -0.1) is 0 Å². The number of amides is 3. The zero-order valence-corrected chi connectivity index (χ0v) is 16.2. The van der Waals surface area contributed by atoms with Gasteiger partial charge in [0, 0.05) is 16.3 Å². The first-order chi connectivity index (χ1) is 13.5. The number of carbonyl (C=O) groups excluding carboxylic acids is 3. The van der Waals surface area contributed by atoms with Crippen molar-refractivity contribution >= 4 is 29.7 Å². The van der Waals surface area contributed by atoms with Crippen LogP contribution in [0.3, 0.4) is 0 Å². The van der Waals surface area contributed by atoms with Crippen LogP contribution >= 0.6 is 11.8 Å². The van der Waals surface area contributed by atoms with Gasteiger partial charge in [-0.3, -0.25) is 10.1 Å². The minimum absolute atomic E-state index is 0.262. The fraction of sp³-hybridized carbons (Fsp3) is 0.200. The van der Waals surface area contributed by atoms with Crippen molar-refractivity contribution < 1.29 is 19.1 Å². The minimum atomic E-state index is -1.15. The predicted octanol–water partition coefficient (Wildman–Crippen LogP) is 3.10. The molecule has 0 aliphatic carbocycles. The third-order valence-corrected chi connectivity index (χ3v) is 4.71. The Balaban J connectivity index is 2.13. The second kappa shape index (κ2) is 10.1. The molecule has 0 bridgehead atoms. The molecule has 0 heterocycles. The van der Waals surface area contributed by atoms with Crippen LogP contribution in [0.1, 0.15) is 29.8 Å². The van der Waals surface area contributed by atoms with E-state index in [0.717, 1.165) is 0 Å². The maximum atomic E-state index is 12.6. The quantitative estimate of drug-likeness (QED) is 0.725. The summed E-state index contributed by atoms with van der Waals surface area (Å²) in [5.74, 6) is -1.42. The summed E-state index contributed by atoms with van der Waals surface area (Å²) >= 11 is 1.26.